The molecule has 23 heavy (non-hydrogen) atoms. The summed E-state index contributed by atoms with van der Waals surface area (Å²) in [7, 11) is 0. The molecule has 1 aromatic heterocycles. The van der Waals surface area contributed by atoms with Gasteiger partial charge in [-0.2, -0.15) is 23.5 Å². The highest BCUT2D eigenvalue weighted by molar-refractivity contribution is 8.02. The summed E-state index contributed by atoms with van der Waals surface area (Å²) in [6.07, 6.45) is -2.91. The quantitative estimate of drug-likeness (QED) is 0.809. The topological polar surface area (TPSA) is 62.9 Å². The second-order valence-corrected chi connectivity index (χ2v) is 6.33. The molecular formula is C13H14ClF3N4OS. The van der Waals surface area contributed by atoms with E-state index in [1.807, 2.05) is 0 Å². The fourth-order valence-electron chi connectivity index (χ4n) is 2.01. The molecule has 0 bridgehead atoms. The Kier molecular flexibility index (Phi) is 5.18. The predicted octanol–water partition coefficient (Wildman–Crippen LogP) is 3.40. The van der Waals surface area contributed by atoms with Gasteiger partial charge in [0.2, 0.25) is 0 Å². The van der Waals surface area contributed by atoms with Crippen molar-refractivity contribution in [2.45, 2.75) is 37.9 Å². The van der Waals surface area contributed by atoms with Crippen molar-refractivity contribution in [3.05, 3.63) is 28.1 Å². The average molecular weight is 367 g/mol. The lowest BCUT2D eigenvalue weighted by Gasteiger charge is -2.14. The number of halogens is 4. The first-order valence-electron chi connectivity index (χ1n) is 6.66. The highest BCUT2D eigenvalue weighted by atomic mass is 35.5. The second kappa shape index (κ2) is 6.63. The van der Waals surface area contributed by atoms with Crippen LogP contribution in [0.4, 0.5) is 13.2 Å². The number of nitriles is 1. The molecule has 0 radical (unpaired) electrons. The minimum Gasteiger partial charge on any atom is -0.264 e. The van der Waals surface area contributed by atoms with Gasteiger partial charge < -0.3 is 0 Å². The Bertz CT molecular complexity index is 667. The first-order chi connectivity index (χ1) is 10.7. The Labute approximate surface area is 140 Å². The van der Waals surface area contributed by atoms with Gasteiger partial charge in [0.05, 0.1) is 10.9 Å². The maximum Gasteiger partial charge on any atom is 0.435 e. The molecule has 1 unspecified atom stereocenters. The monoisotopic (exact) mass is 366 g/mol. The normalized spacial score (nSPS) is 21.0. The maximum atomic E-state index is 13.1. The smallest absolute Gasteiger partial charge is 0.264 e. The van der Waals surface area contributed by atoms with Crippen LogP contribution < -0.4 is 5.48 Å². The second-order valence-electron chi connectivity index (χ2n) is 5.05. The highest BCUT2D eigenvalue weighted by Gasteiger charge is 2.39. The van der Waals surface area contributed by atoms with Crippen molar-refractivity contribution in [3.8, 4) is 6.07 Å². The van der Waals surface area contributed by atoms with Gasteiger partial charge in [-0.1, -0.05) is 0 Å². The third-order valence-corrected chi connectivity index (χ3v) is 4.66. The van der Waals surface area contributed by atoms with Crippen LogP contribution in [0.25, 0.3) is 0 Å². The number of aromatic nitrogens is 2. The molecule has 0 saturated carbocycles. The molecule has 5 nitrogen and oxygen atoms in total. The van der Waals surface area contributed by atoms with Crippen LogP contribution in [-0.4, -0.2) is 21.3 Å². The first kappa shape index (κ1) is 18.0. The van der Waals surface area contributed by atoms with E-state index in [1.165, 1.54) is 0 Å². The van der Waals surface area contributed by atoms with Crippen molar-refractivity contribution in [2.75, 3.05) is 5.88 Å². The SMILES string of the molecule is CCn1nc(C(F)(F)F)c(CSC2=CC(C)(CCl)ON2)c1C#N. The molecular weight excluding hydrogens is 353 g/mol. The van der Waals surface area contributed by atoms with Crippen LogP contribution >= 0.6 is 23.4 Å². The van der Waals surface area contributed by atoms with Crippen LogP contribution in [0.1, 0.15) is 30.8 Å². The molecule has 0 saturated heterocycles. The third kappa shape index (κ3) is 3.76. The lowest BCUT2D eigenvalue weighted by Crippen LogP contribution is -2.27. The van der Waals surface area contributed by atoms with Crippen molar-refractivity contribution in [2.24, 2.45) is 0 Å². The summed E-state index contributed by atoms with van der Waals surface area (Å²) >= 11 is 6.86. The van der Waals surface area contributed by atoms with E-state index in [2.05, 4.69) is 10.6 Å². The minimum atomic E-state index is -4.61. The Morgan fingerprint density at radius 2 is 2.26 bits per heavy atom. The molecule has 1 aliphatic rings. The van der Waals surface area contributed by atoms with E-state index < -0.39 is 17.5 Å². The number of hydroxylamine groups is 1. The first-order valence-corrected chi connectivity index (χ1v) is 8.18. The van der Waals surface area contributed by atoms with Crippen LogP contribution in [0.2, 0.25) is 0 Å². The van der Waals surface area contributed by atoms with E-state index in [1.54, 1.807) is 26.0 Å². The summed E-state index contributed by atoms with van der Waals surface area (Å²) in [6, 6.07) is 1.81. The fourth-order valence-corrected chi connectivity index (χ4v) is 3.15. The lowest BCUT2D eigenvalue weighted by molar-refractivity contribution is -0.142. The Hall–Kier alpha value is -1.37. The number of thioether (sulfide) groups is 1. The predicted molar refractivity (Wildman–Crippen MR) is 80.3 cm³/mol. The van der Waals surface area contributed by atoms with Crippen LogP contribution in [0, 0.1) is 11.3 Å². The molecule has 1 N–H and O–H groups in total. The average Bonchev–Trinajstić information content (AvgIpc) is 3.05. The number of nitrogens with zero attached hydrogens (tertiary/aromatic N) is 3. The number of hydrogen-bond donors (Lipinski definition) is 1. The van der Waals surface area contributed by atoms with Gasteiger partial charge in [0.25, 0.3) is 0 Å². The van der Waals surface area contributed by atoms with Gasteiger partial charge in [-0.3, -0.25) is 15.0 Å². The highest BCUT2D eigenvalue weighted by Crippen LogP contribution is 2.36. The van der Waals surface area contributed by atoms with E-state index in [-0.39, 0.29) is 29.4 Å². The summed E-state index contributed by atoms with van der Waals surface area (Å²) in [5.74, 6) is 0.146. The van der Waals surface area contributed by atoms with Gasteiger partial charge >= 0.3 is 6.18 Å². The van der Waals surface area contributed by atoms with Crippen LogP contribution in [0.3, 0.4) is 0 Å². The minimum absolute atomic E-state index is 0.0572. The summed E-state index contributed by atoms with van der Waals surface area (Å²) in [6.45, 7) is 3.56. The molecule has 2 heterocycles. The molecule has 2 rings (SSSR count). The van der Waals surface area contributed by atoms with Crippen molar-refractivity contribution in [1.82, 2.24) is 15.3 Å². The summed E-state index contributed by atoms with van der Waals surface area (Å²) in [4.78, 5) is 5.27. The van der Waals surface area contributed by atoms with E-state index in [9.17, 15) is 13.2 Å². The molecule has 0 amide bonds. The standard InChI is InChI=1S/C13H14ClF3N4OS/c1-3-21-9(5-18)8(11(19-21)13(15,16)17)6-23-10-4-12(2,7-14)22-20-10/h4,20H,3,6-7H2,1-2H3. The molecule has 1 aromatic rings. The van der Waals surface area contributed by atoms with E-state index in [4.69, 9.17) is 21.7 Å². The number of alkyl halides is 4. The molecule has 0 fully saturated rings. The number of rotatable bonds is 5. The summed E-state index contributed by atoms with van der Waals surface area (Å²) < 4.78 is 40.4. The van der Waals surface area contributed by atoms with Crippen molar-refractivity contribution < 1.29 is 18.0 Å². The fraction of sp³-hybridized carbons (Fsp3) is 0.538. The van der Waals surface area contributed by atoms with Gasteiger partial charge in [0, 0.05) is 17.9 Å². The molecule has 1 atom stereocenters. The van der Waals surface area contributed by atoms with E-state index >= 15 is 0 Å². The molecule has 0 aliphatic carbocycles. The van der Waals surface area contributed by atoms with Crippen LogP contribution in [0.15, 0.2) is 11.1 Å². The van der Waals surface area contributed by atoms with Crippen molar-refractivity contribution in [1.29, 1.82) is 5.26 Å². The maximum absolute atomic E-state index is 13.1. The van der Waals surface area contributed by atoms with Gasteiger partial charge in [-0.05, 0) is 19.9 Å². The Morgan fingerprint density at radius 3 is 2.74 bits per heavy atom. The molecule has 0 spiro atoms. The van der Waals surface area contributed by atoms with Crippen LogP contribution in [-0.2, 0) is 23.3 Å². The van der Waals surface area contributed by atoms with Gasteiger partial charge in [-0.25, -0.2) is 0 Å². The molecule has 0 aromatic carbocycles. The molecule has 1 aliphatic heterocycles. The van der Waals surface area contributed by atoms with Gasteiger partial charge in [0.15, 0.2) is 5.69 Å². The van der Waals surface area contributed by atoms with E-state index in [0.29, 0.717) is 5.03 Å². The van der Waals surface area contributed by atoms with Crippen LogP contribution in [0.5, 0.6) is 0 Å². The largest absolute Gasteiger partial charge is 0.435 e. The number of hydrogen-bond acceptors (Lipinski definition) is 5. The Morgan fingerprint density at radius 1 is 1.57 bits per heavy atom. The zero-order valence-electron chi connectivity index (χ0n) is 12.4. The third-order valence-electron chi connectivity index (χ3n) is 3.18. The van der Waals surface area contributed by atoms with Crippen molar-refractivity contribution >= 4 is 23.4 Å². The zero-order chi connectivity index (χ0) is 17.3. The van der Waals surface area contributed by atoms with Crippen molar-refractivity contribution in [3.63, 3.8) is 0 Å². The lowest BCUT2D eigenvalue weighted by atomic mass is 10.1. The zero-order valence-corrected chi connectivity index (χ0v) is 13.9. The number of aryl methyl sites for hydroxylation is 1. The Balaban J connectivity index is 2.28. The van der Waals surface area contributed by atoms with Gasteiger partial charge in [-0.15, -0.1) is 23.4 Å². The van der Waals surface area contributed by atoms with Gasteiger partial charge in [0.1, 0.15) is 17.4 Å². The number of nitrogens with one attached hydrogen (secondary N) is 1. The molecule has 126 valence electrons. The van der Waals surface area contributed by atoms with E-state index in [0.717, 1.165) is 16.4 Å². The molecule has 10 heteroatoms. The summed E-state index contributed by atoms with van der Waals surface area (Å²) in [5, 5.41) is 13.2. The summed E-state index contributed by atoms with van der Waals surface area (Å²) in [5.41, 5.74) is 0.695.